The van der Waals surface area contributed by atoms with Crippen LogP contribution in [-0.2, 0) is 12.8 Å². The van der Waals surface area contributed by atoms with Gasteiger partial charge in [-0.1, -0.05) is 53.2 Å². The Kier molecular flexibility index (Phi) is 5.81. The highest BCUT2D eigenvalue weighted by atomic mass is 79.9. The molecule has 0 radical (unpaired) electrons. The summed E-state index contributed by atoms with van der Waals surface area (Å²) in [5.41, 5.74) is 3.26. The molecule has 2 amide bonds. The van der Waals surface area contributed by atoms with Crippen molar-refractivity contribution < 1.29 is 4.79 Å². The summed E-state index contributed by atoms with van der Waals surface area (Å²) in [5.74, 6) is 0. The van der Waals surface area contributed by atoms with Crippen LogP contribution in [0.25, 0.3) is 0 Å². The average Bonchev–Trinajstić information content (AvgIpc) is 2.50. The van der Waals surface area contributed by atoms with E-state index in [-0.39, 0.29) is 6.03 Å². The molecule has 0 spiro atoms. The third kappa shape index (κ3) is 4.90. The molecule has 0 unspecified atom stereocenters. The van der Waals surface area contributed by atoms with E-state index in [2.05, 4.69) is 33.5 Å². The molecule has 2 aromatic carbocycles. The predicted octanol–water partition coefficient (Wildman–Crippen LogP) is 4.38. The van der Waals surface area contributed by atoms with Crippen molar-refractivity contribution in [3.05, 3.63) is 64.1 Å². The van der Waals surface area contributed by atoms with Crippen LogP contribution in [0, 0.1) is 0 Å². The van der Waals surface area contributed by atoms with Crippen LogP contribution in [-0.4, -0.2) is 12.6 Å². The molecule has 0 saturated heterocycles. The van der Waals surface area contributed by atoms with Gasteiger partial charge < -0.3 is 10.6 Å². The summed E-state index contributed by atoms with van der Waals surface area (Å²) >= 11 is 3.50. The highest BCUT2D eigenvalue weighted by Gasteiger charge is 2.02. The zero-order valence-electron chi connectivity index (χ0n) is 12.0. The molecule has 0 fully saturated rings. The summed E-state index contributed by atoms with van der Waals surface area (Å²) in [7, 11) is 0. The average molecular weight is 347 g/mol. The normalized spacial score (nSPS) is 10.2. The van der Waals surface area contributed by atoms with E-state index in [1.165, 1.54) is 11.1 Å². The lowest BCUT2D eigenvalue weighted by atomic mass is 10.1. The fourth-order valence-corrected chi connectivity index (χ4v) is 2.49. The largest absolute Gasteiger partial charge is 0.338 e. The molecule has 21 heavy (non-hydrogen) atoms. The number of hydrogen-bond donors (Lipinski definition) is 2. The number of urea groups is 1. The van der Waals surface area contributed by atoms with Gasteiger partial charge in [-0.25, -0.2) is 4.79 Å². The molecule has 0 saturated carbocycles. The van der Waals surface area contributed by atoms with E-state index in [1.807, 2.05) is 48.5 Å². The van der Waals surface area contributed by atoms with Crippen molar-refractivity contribution in [1.82, 2.24) is 5.32 Å². The van der Waals surface area contributed by atoms with Crippen LogP contribution in [0.4, 0.5) is 10.5 Å². The first-order valence-electron chi connectivity index (χ1n) is 7.06. The van der Waals surface area contributed by atoms with Gasteiger partial charge in [-0.2, -0.15) is 0 Å². The minimum Gasteiger partial charge on any atom is -0.338 e. The van der Waals surface area contributed by atoms with Crippen LogP contribution in [0.3, 0.4) is 0 Å². The summed E-state index contributed by atoms with van der Waals surface area (Å²) in [6.07, 6.45) is 1.79. The number of rotatable bonds is 5. The van der Waals surface area contributed by atoms with Crippen LogP contribution in [0.5, 0.6) is 0 Å². The second-order valence-electron chi connectivity index (χ2n) is 4.77. The Labute approximate surface area is 133 Å². The van der Waals surface area contributed by atoms with Crippen molar-refractivity contribution >= 4 is 27.6 Å². The number of aryl methyl sites for hydroxylation is 1. The van der Waals surface area contributed by atoms with Crippen LogP contribution >= 0.6 is 15.9 Å². The van der Waals surface area contributed by atoms with Crippen molar-refractivity contribution in [3.63, 3.8) is 0 Å². The third-order valence-corrected chi connectivity index (χ3v) is 4.03. The Morgan fingerprint density at radius 3 is 2.48 bits per heavy atom. The van der Waals surface area contributed by atoms with Crippen molar-refractivity contribution in [2.24, 2.45) is 0 Å². The molecule has 4 heteroatoms. The van der Waals surface area contributed by atoms with Crippen molar-refractivity contribution in [1.29, 1.82) is 0 Å². The van der Waals surface area contributed by atoms with E-state index in [9.17, 15) is 4.79 Å². The number of hydrogen-bond acceptors (Lipinski definition) is 1. The van der Waals surface area contributed by atoms with E-state index >= 15 is 0 Å². The molecule has 0 aliphatic heterocycles. The second kappa shape index (κ2) is 7.84. The van der Waals surface area contributed by atoms with Crippen LogP contribution in [0.1, 0.15) is 18.1 Å². The van der Waals surface area contributed by atoms with Gasteiger partial charge in [0.2, 0.25) is 0 Å². The molecule has 2 N–H and O–H groups in total. The lowest BCUT2D eigenvalue weighted by Crippen LogP contribution is -2.30. The quantitative estimate of drug-likeness (QED) is 0.828. The van der Waals surface area contributed by atoms with Gasteiger partial charge in [0, 0.05) is 16.7 Å². The van der Waals surface area contributed by atoms with Gasteiger partial charge in [-0.3, -0.25) is 0 Å². The first-order chi connectivity index (χ1) is 10.2. The summed E-state index contributed by atoms with van der Waals surface area (Å²) < 4.78 is 1.07. The van der Waals surface area contributed by atoms with Gasteiger partial charge in [0.1, 0.15) is 0 Å². The smallest absolute Gasteiger partial charge is 0.319 e. The third-order valence-electron chi connectivity index (χ3n) is 3.26. The molecule has 3 nitrogen and oxygen atoms in total. The van der Waals surface area contributed by atoms with Gasteiger partial charge in [0.25, 0.3) is 0 Å². The minimum atomic E-state index is -0.175. The Hall–Kier alpha value is -1.81. The molecule has 0 atom stereocenters. The SMILES string of the molecule is CCc1ccc(NC(=O)NCCc2ccccc2Br)cc1. The highest BCUT2D eigenvalue weighted by molar-refractivity contribution is 9.10. The molecule has 0 bridgehead atoms. The van der Waals surface area contributed by atoms with Crippen LogP contribution < -0.4 is 10.6 Å². The lowest BCUT2D eigenvalue weighted by Gasteiger charge is -2.09. The fourth-order valence-electron chi connectivity index (χ4n) is 2.01. The van der Waals surface area contributed by atoms with Gasteiger partial charge in [-0.15, -0.1) is 0 Å². The lowest BCUT2D eigenvalue weighted by molar-refractivity contribution is 0.252. The van der Waals surface area contributed by atoms with E-state index in [4.69, 9.17) is 0 Å². The summed E-state index contributed by atoms with van der Waals surface area (Å²) in [6, 6.07) is 15.7. The number of carbonyl (C=O) groups is 1. The van der Waals surface area contributed by atoms with Crippen molar-refractivity contribution in [2.75, 3.05) is 11.9 Å². The summed E-state index contributed by atoms with van der Waals surface area (Å²) in [5, 5.41) is 5.70. The number of halogens is 1. The van der Waals surface area contributed by atoms with Gasteiger partial charge >= 0.3 is 6.03 Å². The highest BCUT2D eigenvalue weighted by Crippen LogP contribution is 2.15. The summed E-state index contributed by atoms with van der Waals surface area (Å²) in [6.45, 7) is 2.71. The Morgan fingerprint density at radius 2 is 1.81 bits per heavy atom. The predicted molar refractivity (Wildman–Crippen MR) is 90.7 cm³/mol. The fraction of sp³-hybridized carbons (Fsp3) is 0.235. The van der Waals surface area contributed by atoms with Crippen LogP contribution in [0.2, 0.25) is 0 Å². The Morgan fingerprint density at radius 1 is 1.10 bits per heavy atom. The Bertz CT molecular complexity index is 596. The van der Waals surface area contributed by atoms with E-state index in [1.54, 1.807) is 0 Å². The second-order valence-corrected chi connectivity index (χ2v) is 5.63. The number of carbonyl (C=O) groups excluding carboxylic acids is 1. The van der Waals surface area contributed by atoms with E-state index in [0.29, 0.717) is 6.54 Å². The maximum absolute atomic E-state index is 11.8. The van der Waals surface area contributed by atoms with Crippen molar-refractivity contribution in [2.45, 2.75) is 19.8 Å². The van der Waals surface area contributed by atoms with E-state index < -0.39 is 0 Å². The van der Waals surface area contributed by atoms with Crippen LogP contribution in [0.15, 0.2) is 53.0 Å². The number of anilines is 1. The molecule has 0 heterocycles. The maximum atomic E-state index is 11.8. The maximum Gasteiger partial charge on any atom is 0.319 e. The molecule has 0 aliphatic rings. The molecule has 2 rings (SSSR count). The van der Waals surface area contributed by atoms with Gasteiger partial charge in [0.15, 0.2) is 0 Å². The Balaban J connectivity index is 1.78. The molecule has 0 aliphatic carbocycles. The van der Waals surface area contributed by atoms with Gasteiger partial charge in [-0.05, 0) is 42.2 Å². The number of benzene rings is 2. The standard InChI is InChI=1S/C17H19BrN2O/c1-2-13-7-9-15(10-8-13)20-17(21)19-12-11-14-5-3-4-6-16(14)18/h3-10H,2,11-12H2,1H3,(H2,19,20,21). The molecule has 110 valence electrons. The van der Waals surface area contributed by atoms with E-state index in [0.717, 1.165) is 23.0 Å². The summed E-state index contributed by atoms with van der Waals surface area (Å²) in [4.78, 5) is 11.8. The monoisotopic (exact) mass is 346 g/mol. The molecular formula is C17H19BrN2O. The molecular weight excluding hydrogens is 328 g/mol. The van der Waals surface area contributed by atoms with Crippen molar-refractivity contribution in [3.8, 4) is 0 Å². The molecule has 2 aromatic rings. The topological polar surface area (TPSA) is 41.1 Å². The number of amides is 2. The van der Waals surface area contributed by atoms with Gasteiger partial charge in [0.05, 0.1) is 0 Å². The number of nitrogens with one attached hydrogen (secondary N) is 2. The first-order valence-corrected chi connectivity index (χ1v) is 7.85. The minimum absolute atomic E-state index is 0.175. The molecule has 0 aromatic heterocycles. The zero-order chi connectivity index (χ0) is 15.1. The first kappa shape index (κ1) is 15.6. The zero-order valence-corrected chi connectivity index (χ0v) is 13.6.